The smallest absolute Gasteiger partial charge is 0.231 e. The number of benzene rings is 1. The van der Waals surface area contributed by atoms with Gasteiger partial charge in [0.1, 0.15) is 0 Å². The van der Waals surface area contributed by atoms with Crippen molar-refractivity contribution in [1.82, 2.24) is 10.3 Å². The summed E-state index contributed by atoms with van der Waals surface area (Å²) < 4.78 is 10.8. The molecule has 212 valence electrons. The number of anilines is 1. The summed E-state index contributed by atoms with van der Waals surface area (Å²) in [5.41, 5.74) is 0.122. The van der Waals surface area contributed by atoms with Gasteiger partial charge >= 0.3 is 0 Å². The zero-order valence-electron chi connectivity index (χ0n) is 23.3. The normalized spacial score (nSPS) is 29.4. The van der Waals surface area contributed by atoms with E-state index in [9.17, 15) is 19.8 Å². The minimum Gasteiger partial charge on any atom is -0.454 e. The van der Waals surface area contributed by atoms with E-state index in [0.29, 0.717) is 36.0 Å². The Morgan fingerprint density at radius 1 is 1.21 bits per heavy atom. The van der Waals surface area contributed by atoms with Crippen LogP contribution >= 0.6 is 11.3 Å². The summed E-state index contributed by atoms with van der Waals surface area (Å²) in [7, 11) is 0. The number of hydrogen-bond donors (Lipinski definition) is 4. The van der Waals surface area contributed by atoms with Gasteiger partial charge in [0.05, 0.1) is 18.4 Å². The van der Waals surface area contributed by atoms with E-state index in [1.165, 1.54) is 11.3 Å². The van der Waals surface area contributed by atoms with Gasteiger partial charge in [-0.05, 0) is 48.3 Å². The van der Waals surface area contributed by atoms with Crippen LogP contribution < -0.4 is 20.1 Å². The molecule has 2 amide bonds. The molecule has 2 aliphatic carbocycles. The summed E-state index contributed by atoms with van der Waals surface area (Å²) in [6, 6.07) is 5.62. The van der Waals surface area contributed by atoms with Gasteiger partial charge in [0.2, 0.25) is 18.6 Å². The third-order valence-electron chi connectivity index (χ3n) is 9.11. The molecular formula is C29H39N3O6S. The molecule has 1 saturated carbocycles. The largest absolute Gasteiger partial charge is 0.454 e. The number of thiazole rings is 1. The topological polar surface area (TPSA) is 130 Å². The van der Waals surface area contributed by atoms with Gasteiger partial charge in [-0.15, -0.1) is 11.3 Å². The van der Waals surface area contributed by atoms with Crippen molar-refractivity contribution in [3.8, 4) is 11.5 Å². The minimum absolute atomic E-state index is 0.0514. The van der Waals surface area contributed by atoms with Crippen molar-refractivity contribution < 1.29 is 29.3 Å². The number of ether oxygens (including phenoxy) is 2. The van der Waals surface area contributed by atoms with Crippen LogP contribution in [0.25, 0.3) is 0 Å². The molecular weight excluding hydrogens is 518 g/mol. The highest BCUT2D eigenvalue weighted by atomic mass is 32.1. The van der Waals surface area contributed by atoms with Crippen LogP contribution in [0.15, 0.2) is 18.2 Å². The van der Waals surface area contributed by atoms with Crippen molar-refractivity contribution in [3.63, 3.8) is 0 Å². The number of aromatic nitrogens is 1. The highest BCUT2D eigenvalue weighted by Crippen LogP contribution is 2.62. The lowest BCUT2D eigenvalue weighted by atomic mass is 9.47. The van der Waals surface area contributed by atoms with E-state index in [0.717, 1.165) is 22.6 Å². The van der Waals surface area contributed by atoms with E-state index in [1.54, 1.807) is 0 Å². The van der Waals surface area contributed by atoms with E-state index >= 15 is 0 Å². The number of aliphatic hydroxyl groups excluding tert-OH is 2. The fourth-order valence-electron chi connectivity index (χ4n) is 6.49. The first-order valence-corrected chi connectivity index (χ1v) is 14.4. The molecule has 2 heterocycles. The van der Waals surface area contributed by atoms with Gasteiger partial charge in [-0.1, -0.05) is 40.7 Å². The molecule has 39 heavy (non-hydrogen) atoms. The number of aliphatic hydroxyl groups is 2. The maximum absolute atomic E-state index is 13.4. The summed E-state index contributed by atoms with van der Waals surface area (Å²) in [5.74, 6) is 0.873. The number of carbonyl (C=O) groups is 2. The van der Waals surface area contributed by atoms with Gasteiger partial charge in [-0.25, -0.2) is 4.98 Å². The Labute approximate surface area is 233 Å². The van der Waals surface area contributed by atoms with Crippen LogP contribution in [0, 0.1) is 22.2 Å². The Morgan fingerprint density at radius 3 is 2.67 bits per heavy atom. The zero-order chi connectivity index (χ0) is 28.2. The van der Waals surface area contributed by atoms with Crippen LogP contribution in [-0.4, -0.2) is 46.5 Å². The number of amides is 2. The Balaban J connectivity index is 1.42. The molecule has 1 fully saturated rings. The molecule has 1 aliphatic heterocycles. The van der Waals surface area contributed by atoms with Crippen LogP contribution in [0.1, 0.15) is 75.9 Å². The first-order chi connectivity index (χ1) is 18.3. The number of carbonyl (C=O) groups excluding carboxylic acids is 2. The Hall–Kier alpha value is -2.69. The third kappa shape index (κ3) is 5.02. The SMILES string of the molecule is CC(C)(C)C(=O)Nc1nc2c(s1)CC1C(C)(CO)C(O)CCC1(C)C2CC(=O)NCc1ccc2c(c1)OCO2. The molecule has 10 heteroatoms. The van der Waals surface area contributed by atoms with Gasteiger partial charge in [0.15, 0.2) is 16.6 Å². The van der Waals surface area contributed by atoms with E-state index in [4.69, 9.17) is 14.5 Å². The summed E-state index contributed by atoms with van der Waals surface area (Å²) in [6.07, 6.45) is 1.49. The van der Waals surface area contributed by atoms with Crippen molar-refractivity contribution in [2.24, 2.45) is 22.2 Å². The van der Waals surface area contributed by atoms with Gasteiger partial charge < -0.3 is 30.3 Å². The maximum atomic E-state index is 13.4. The molecule has 0 saturated heterocycles. The van der Waals surface area contributed by atoms with Crippen molar-refractivity contribution in [1.29, 1.82) is 0 Å². The Morgan fingerprint density at radius 2 is 1.95 bits per heavy atom. The number of rotatable bonds is 6. The second kappa shape index (κ2) is 10.1. The first kappa shape index (κ1) is 27.9. The van der Waals surface area contributed by atoms with Gasteiger partial charge in [0, 0.05) is 34.6 Å². The first-order valence-electron chi connectivity index (χ1n) is 13.6. The predicted molar refractivity (Wildman–Crippen MR) is 148 cm³/mol. The van der Waals surface area contributed by atoms with Gasteiger partial charge in [-0.2, -0.15) is 0 Å². The van der Waals surface area contributed by atoms with Crippen LogP contribution in [0.5, 0.6) is 11.5 Å². The monoisotopic (exact) mass is 557 g/mol. The lowest BCUT2D eigenvalue weighted by molar-refractivity contribution is -0.144. The minimum atomic E-state index is -0.704. The van der Waals surface area contributed by atoms with E-state index in [2.05, 4.69) is 17.6 Å². The molecule has 0 bridgehead atoms. The average molecular weight is 558 g/mol. The van der Waals surface area contributed by atoms with Crippen molar-refractivity contribution in [2.75, 3.05) is 18.7 Å². The molecule has 9 nitrogen and oxygen atoms in total. The van der Waals surface area contributed by atoms with Gasteiger partial charge in [0.25, 0.3) is 0 Å². The molecule has 1 aromatic carbocycles. The molecule has 0 spiro atoms. The predicted octanol–water partition coefficient (Wildman–Crippen LogP) is 3.98. The standard InChI is InChI=1S/C29H39N3O6S/c1-27(2,3)25(36)32-26-31-24-17(11-23(35)30-13-16-6-7-18-19(10-16)38-15-37-18)28(4)9-8-22(34)29(5,14-33)21(28)12-20(24)39-26/h6-7,10,17,21-22,33-34H,8-9,11-15H2,1-5H3,(H,30,35)(H,31,32,36). The van der Waals surface area contributed by atoms with Crippen LogP contribution in [0.2, 0.25) is 0 Å². The van der Waals surface area contributed by atoms with Crippen LogP contribution in [-0.2, 0) is 22.6 Å². The summed E-state index contributed by atoms with van der Waals surface area (Å²) in [5, 5.41) is 28.0. The fourth-order valence-corrected chi connectivity index (χ4v) is 7.56. The molecule has 5 atom stereocenters. The number of hydrogen-bond acceptors (Lipinski definition) is 8. The second-order valence-electron chi connectivity index (χ2n) is 12.7. The lowest BCUT2D eigenvalue weighted by Crippen LogP contribution is -2.57. The van der Waals surface area contributed by atoms with Crippen LogP contribution in [0.4, 0.5) is 5.13 Å². The number of fused-ring (bicyclic) bond motifs is 3. The Kier molecular flexibility index (Phi) is 7.18. The van der Waals surface area contributed by atoms with Crippen molar-refractivity contribution >= 4 is 28.3 Å². The lowest BCUT2D eigenvalue weighted by Gasteiger charge is -2.58. The van der Waals surface area contributed by atoms with Crippen LogP contribution in [0.3, 0.4) is 0 Å². The van der Waals surface area contributed by atoms with Crippen molar-refractivity contribution in [3.05, 3.63) is 34.3 Å². The summed E-state index contributed by atoms with van der Waals surface area (Å²) >= 11 is 1.44. The highest BCUT2D eigenvalue weighted by Gasteiger charge is 2.59. The summed E-state index contributed by atoms with van der Waals surface area (Å²) in [4.78, 5) is 32.0. The molecule has 5 rings (SSSR count). The number of nitrogens with one attached hydrogen (secondary N) is 2. The maximum Gasteiger partial charge on any atom is 0.231 e. The van der Waals surface area contributed by atoms with E-state index in [1.807, 2.05) is 45.9 Å². The van der Waals surface area contributed by atoms with E-state index in [-0.39, 0.29) is 48.9 Å². The average Bonchev–Trinajstić information content (AvgIpc) is 3.52. The molecule has 4 N–H and O–H groups in total. The Bertz CT molecular complexity index is 1270. The van der Waals surface area contributed by atoms with E-state index < -0.39 is 16.9 Å². The zero-order valence-corrected chi connectivity index (χ0v) is 24.1. The molecule has 3 aliphatic rings. The van der Waals surface area contributed by atoms with Gasteiger partial charge in [-0.3, -0.25) is 9.59 Å². The molecule has 2 aromatic rings. The highest BCUT2D eigenvalue weighted by molar-refractivity contribution is 7.15. The van der Waals surface area contributed by atoms with Crippen molar-refractivity contribution in [2.45, 2.75) is 78.9 Å². The molecule has 1 aromatic heterocycles. The third-order valence-corrected chi connectivity index (χ3v) is 10.1. The quantitative estimate of drug-likeness (QED) is 0.423. The molecule has 0 radical (unpaired) electrons. The summed E-state index contributed by atoms with van der Waals surface area (Å²) in [6.45, 7) is 10.1. The molecule has 5 unspecified atom stereocenters. The number of nitrogens with zero attached hydrogens (tertiary/aromatic N) is 1. The fraction of sp³-hybridized carbons (Fsp3) is 0.621. The second-order valence-corrected chi connectivity index (χ2v) is 13.8.